The van der Waals surface area contributed by atoms with E-state index < -0.39 is 55.2 Å². The summed E-state index contributed by atoms with van der Waals surface area (Å²) in [6, 6.07) is 0. The third-order valence-electron chi connectivity index (χ3n) is 5.60. The van der Waals surface area contributed by atoms with Crippen molar-refractivity contribution in [1.82, 2.24) is 10.2 Å². The number of likely N-dealkylation sites (tertiary alicyclic amines) is 1. The van der Waals surface area contributed by atoms with Gasteiger partial charge in [0, 0.05) is 0 Å². The first-order valence-electron chi connectivity index (χ1n) is 8.83. The number of carbonyl (C=O) groups excluding carboxylic acids is 3. The summed E-state index contributed by atoms with van der Waals surface area (Å²) in [6.45, 7) is 6.38. The maximum atomic E-state index is 13.0. The van der Waals surface area contributed by atoms with Crippen LogP contribution in [-0.4, -0.2) is 63.3 Å². The summed E-state index contributed by atoms with van der Waals surface area (Å²) >= 11 is 0. The molecule has 154 valence electrons. The molecule has 4 atom stereocenters. The Morgan fingerprint density at radius 1 is 1.39 bits per heavy atom. The molecule has 10 nitrogen and oxygen atoms in total. The molecule has 3 heterocycles. The molecule has 0 aliphatic carbocycles. The fourth-order valence-electron chi connectivity index (χ4n) is 4.32. The fraction of sp³-hybridized carbons (Fsp3) is 0.588. The second kappa shape index (κ2) is 6.89. The van der Waals surface area contributed by atoms with Crippen molar-refractivity contribution < 1.29 is 38.0 Å². The zero-order valence-electron chi connectivity index (χ0n) is 15.5. The summed E-state index contributed by atoms with van der Waals surface area (Å²) in [4.78, 5) is 56.3. The Bertz CT molecular complexity index is 805. The molecular weight excluding hydrogens is 391 g/mol. The van der Waals surface area contributed by atoms with Crippen LogP contribution in [0, 0.1) is 17.8 Å². The van der Waals surface area contributed by atoms with E-state index >= 15 is 0 Å². The second-order valence-corrected chi connectivity index (χ2v) is 8.67. The van der Waals surface area contributed by atoms with Crippen LogP contribution in [0.2, 0.25) is 0 Å². The molecule has 28 heavy (non-hydrogen) atoms. The van der Waals surface area contributed by atoms with E-state index in [1.807, 2.05) is 13.8 Å². The number of ether oxygens (including phenoxy) is 1. The quantitative estimate of drug-likeness (QED) is 0.213. The van der Waals surface area contributed by atoms with Gasteiger partial charge in [-0.05, 0) is 12.0 Å². The van der Waals surface area contributed by atoms with Crippen molar-refractivity contribution in [2.24, 2.45) is 17.8 Å². The first kappa shape index (κ1) is 20.9. The van der Waals surface area contributed by atoms with Crippen molar-refractivity contribution in [3.8, 4) is 0 Å². The standard InChI is InChI=1S/C17H23N2O8P/c1-4-11(20)18-9-16-5-6-17(27-16,10(2)3)13-12(16)14(21)19(15(13)22)7-8-26-28(23,24)25/h4-6,10,12-13H,1,7-9H2,2-3H3,(H,18,20)(H2,23,24,25). The van der Waals surface area contributed by atoms with Gasteiger partial charge in [0.25, 0.3) is 0 Å². The van der Waals surface area contributed by atoms with Crippen LogP contribution in [-0.2, 0) is 28.2 Å². The van der Waals surface area contributed by atoms with E-state index in [0.29, 0.717) is 0 Å². The largest absolute Gasteiger partial charge is 0.469 e. The minimum Gasteiger partial charge on any atom is -0.357 e. The number of phosphoric acid groups is 1. The predicted octanol–water partition coefficient (Wildman–Crippen LogP) is -0.267. The molecule has 11 heteroatoms. The molecule has 0 aromatic rings. The summed E-state index contributed by atoms with van der Waals surface area (Å²) in [5.74, 6) is -3.16. The smallest absolute Gasteiger partial charge is 0.357 e. The lowest BCUT2D eigenvalue weighted by atomic mass is 9.68. The van der Waals surface area contributed by atoms with E-state index in [1.165, 1.54) is 0 Å². The normalized spacial score (nSPS) is 33.7. The lowest BCUT2D eigenvalue weighted by Gasteiger charge is -2.33. The van der Waals surface area contributed by atoms with Crippen LogP contribution < -0.4 is 5.32 Å². The number of phosphoric ester groups is 1. The zero-order chi connectivity index (χ0) is 20.9. The topological polar surface area (TPSA) is 142 Å². The van der Waals surface area contributed by atoms with Gasteiger partial charge in [-0.2, -0.15) is 0 Å². The monoisotopic (exact) mass is 414 g/mol. The zero-order valence-corrected chi connectivity index (χ0v) is 16.4. The molecule has 2 saturated heterocycles. The molecule has 3 amide bonds. The van der Waals surface area contributed by atoms with Gasteiger partial charge in [-0.25, -0.2) is 4.57 Å². The van der Waals surface area contributed by atoms with Crippen LogP contribution in [0.5, 0.6) is 0 Å². The number of rotatable bonds is 8. The van der Waals surface area contributed by atoms with Crippen molar-refractivity contribution in [2.45, 2.75) is 25.0 Å². The van der Waals surface area contributed by atoms with Crippen LogP contribution in [0.15, 0.2) is 24.8 Å². The number of amides is 3. The van der Waals surface area contributed by atoms with Gasteiger partial charge in [0.05, 0.1) is 31.5 Å². The highest BCUT2D eigenvalue weighted by Gasteiger charge is 2.73. The van der Waals surface area contributed by atoms with Crippen molar-refractivity contribution in [2.75, 3.05) is 19.7 Å². The molecule has 3 rings (SSSR count). The number of hydrogen-bond acceptors (Lipinski definition) is 6. The van der Waals surface area contributed by atoms with E-state index in [4.69, 9.17) is 14.5 Å². The maximum Gasteiger partial charge on any atom is 0.469 e. The van der Waals surface area contributed by atoms with E-state index in [1.54, 1.807) is 12.2 Å². The highest BCUT2D eigenvalue weighted by molar-refractivity contribution is 7.46. The van der Waals surface area contributed by atoms with Gasteiger partial charge in [-0.1, -0.05) is 32.6 Å². The van der Waals surface area contributed by atoms with Gasteiger partial charge >= 0.3 is 7.82 Å². The Hall–Kier alpha value is -1.84. The molecular formula is C17H23N2O8P. The Labute approximate surface area is 161 Å². The summed E-state index contributed by atoms with van der Waals surface area (Å²) in [5, 5.41) is 2.63. The lowest BCUT2D eigenvalue weighted by molar-refractivity contribution is -0.150. The lowest BCUT2D eigenvalue weighted by Crippen LogP contribution is -2.49. The highest BCUT2D eigenvalue weighted by Crippen LogP contribution is 2.59. The third kappa shape index (κ3) is 3.15. The summed E-state index contributed by atoms with van der Waals surface area (Å²) in [5.41, 5.74) is -2.16. The Balaban J connectivity index is 1.88. The first-order chi connectivity index (χ1) is 13.0. The molecule has 2 fully saturated rings. The molecule has 0 saturated carbocycles. The van der Waals surface area contributed by atoms with E-state index in [2.05, 4.69) is 16.4 Å². The number of nitrogens with zero attached hydrogens (tertiary/aromatic N) is 1. The molecule has 0 aromatic heterocycles. The van der Waals surface area contributed by atoms with Gasteiger partial charge in [0.1, 0.15) is 11.2 Å². The average Bonchev–Trinajstić information content (AvgIpc) is 3.22. The number of carbonyl (C=O) groups is 3. The van der Waals surface area contributed by atoms with E-state index in [0.717, 1.165) is 11.0 Å². The minimum atomic E-state index is -4.71. The molecule has 2 bridgehead atoms. The summed E-state index contributed by atoms with van der Waals surface area (Å²) in [7, 11) is -4.71. The Morgan fingerprint density at radius 2 is 2.04 bits per heavy atom. The van der Waals surface area contributed by atoms with Gasteiger partial charge in [0.2, 0.25) is 17.7 Å². The van der Waals surface area contributed by atoms with Crippen LogP contribution >= 0.6 is 7.82 Å². The fourth-order valence-corrected chi connectivity index (χ4v) is 4.64. The number of imide groups is 1. The number of hydrogen-bond donors (Lipinski definition) is 3. The van der Waals surface area contributed by atoms with Crippen molar-refractivity contribution in [3.63, 3.8) is 0 Å². The van der Waals surface area contributed by atoms with Crippen molar-refractivity contribution >= 4 is 25.5 Å². The molecule has 0 aromatic carbocycles. The first-order valence-corrected chi connectivity index (χ1v) is 10.4. The van der Waals surface area contributed by atoms with Crippen LogP contribution in [0.25, 0.3) is 0 Å². The van der Waals surface area contributed by atoms with E-state index in [9.17, 15) is 18.9 Å². The predicted molar refractivity (Wildman–Crippen MR) is 95.4 cm³/mol. The minimum absolute atomic E-state index is 0.00413. The SMILES string of the molecule is C=CC(=O)NCC12C=CC(C(C)C)(O1)C1C(=O)N(CCOP(=O)(O)O)C(=O)C12. The molecule has 0 radical (unpaired) electrons. The van der Waals surface area contributed by atoms with Gasteiger partial charge in [-0.15, -0.1) is 0 Å². The highest BCUT2D eigenvalue weighted by atomic mass is 31.2. The van der Waals surface area contributed by atoms with Gasteiger partial charge < -0.3 is 19.8 Å². The second-order valence-electron chi connectivity index (χ2n) is 7.43. The summed E-state index contributed by atoms with van der Waals surface area (Å²) < 4.78 is 21.5. The van der Waals surface area contributed by atoms with Crippen LogP contribution in [0.1, 0.15) is 13.8 Å². The summed E-state index contributed by atoms with van der Waals surface area (Å²) in [6.07, 6.45) is 4.60. The Kier molecular flexibility index (Phi) is 5.14. The van der Waals surface area contributed by atoms with Crippen LogP contribution in [0.3, 0.4) is 0 Å². The van der Waals surface area contributed by atoms with Crippen molar-refractivity contribution in [3.05, 3.63) is 24.8 Å². The van der Waals surface area contributed by atoms with Crippen molar-refractivity contribution in [1.29, 1.82) is 0 Å². The molecule has 4 unspecified atom stereocenters. The Morgan fingerprint density at radius 3 is 2.61 bits per heavy atom. The molecule has 3 aliphatic heterocycles. The molecule has 3 aliphatic rings. The molecule has 3 N–H and O–H groups in total. The van der Waals surface area contributed by atoms with E-state index in [-0.39, 0.29) is 19.0 Å². The maximum absolute atomic E-state index is 13.0. The number of fused-ring (bicyclic) bond motifs is 5. The average molecular weight is 414 g/mol. The van der Waals surface area contributed by atoms with Gasteiger partial charge in [-0.3, -0.25) is 23.8 Å². The van der Waals surface area contributed by atoms with Crippen LogP contribution in [0.4, 0.5) is 0 Å². The molecule has 0 spiro atoms. The number of nitrogens with one attached hydrogen (secondary N) is 1. The third-order valence-corrected chi connectivity index (χ3v) is 6.12. The van der Waals surface area contributed by atoms with Gasteiger partial charge in [0.15, 0.2) is 0 Å².